The summed E-state index contributed by atoms with van der Waals surface area (Å²) in [7, 11) is -4.21. The number of halogens is 2. The van der Waals surface area contributed by atoms with Gasteiger partial charge in [0.15, 0.2) is 0 Å². The molecule has 1 heterocycles. The zero-order valence-corrected chi connectivity index (χ0v) is 19.2. The first-order valence-electron chi connectivity index (χ1n) is 10.2. The summed E-state index contributed by atoms with van der Waals surface area (Å²) in [5.41, 5.74) is 1.82. The second-order valence-electron chi connectivity index (χ2n) is 7.87. The molecule has 3 aromatic rings. The van der Waals surface area contributed by atoms with Gasteiger partial charge in [0.1, 0.15) is 5.82 Å². The number of hydrogen-bond donors (Lipinski definition) is 1. The smallest absolute Gasteiger partial charge is 0.333 e. The van der Waals surface area contributed by atoms with E-state index >= 15 is 0 Å². The van der Waals surface area contributed by atoms with Gasteiger partial charge in [-0.05, 0) is 60.9 Å². The fraction of sp³-hybridized carbons (Fsp3) is 0.160. The van der Waals surface area contributed by atoms with Gasteiger partial charge in [-0.2, -0.15) is 4.31 Å². The van der Waals surface area contributed by atoms with Crippen LogP contribution in [0.15, 0.2) is 89.3 Å². The van der Waals surface area contributed by atoms with Crippen molar-refractivity contribution in [3.05, 3.63) is 112 Å². The third kappa shape index (κ3) is 4.57. The van der Waals surface area contributed by atoms with E-state index < -0.39 is 33.9 Å². The Bertz CT molecular complexity index is 1320. The van der Waals surface area contributed by atoms with Crippen molar-refractivity contribution in [3.63, 3.8) is 0 Å². The van der Waals surface area contributed by atoms with Crippen LogP contribution in [-0.2, 0) is 14.8 Å². The number of aliphatic carboxylic acids is 1. The van der Waals surface area contributed by atoms with Crippen molar-refractivity contribution in [2.24, 2.45) is 0 Å². The van der Waals surface area contributed by atoms with E-state index in [-0.39, 0.29) is 22.5 Å². The lowest BCUT2D eigenvalue weighted by atomic mass is 9.89. The van der Waals surface area contributed by atoms with Crippen LogP contribution in [0.3, 0.4) is 0 Å². The van der Waals surface area contributed by atoms with E-state index in [1.165, 1.54) is 58.9 Å². The first kappa shape index (κ1) is 23.2. The number of aryl methyl sites for hydroxylation is 1. The molecule has 0 fully saturated rings. The maximum absolute atomic E-state index is 14.2. The molecule has 2 atom stereocenters. The van der Waals surface area contributed by atoms with Gasteiger partial charge >= 0.3 is 5.97 Å². The lowest BCUT2D eigenvalue weighted by Crippen LogP contribution is -2.42. The number of carbonyl (C=O) groups is 1. The lowest BCUT2D eigenvalue weighted by molar-refractivity contribution is -0.133. The molecule has 4 rings (SSSR count). The molecule has 0 radical (unpaired) electrons. The number of sulfonamides is 1. The van der Waals surface area contributed by atoms with Crippen molar-refractivity contribution in [1.29, 1.82) is 0 Å². The zero-order chi connectivity index (χ0) is 23.8. The minimum Gasteiger partial charge on any atom is -0.478 e. The van der Waals surface area contributed by atoms with Crippen LogP contribution in [0.2, 0.25) is 5.02 Å². The first-order valence-corrected chi connectivity index (χ1v) is 12.0. The van der Waals surface area contributed by atoms with Gasteiger partial charge in [-0.15, -0.1) is 0 Å². The highest BCUT2D eigenvalue weighted by molar-refractivity contribution is 7.89. The molecule has 33 heavy (non-hydrogen) atoms. The molecule has 0 unspecified atom stereocenters. The second kappa shape index (κ2) is 9.09. The Morgan fingerprint density at radius 1 is 1.03 bits per heavy atom. The molecule has 1 aliphatic heterocycles. The molecule has 5 nitrogen and oxygen atoms in total. The SMILES string of the molecule is Cc1ccc([C@@H]2CC=C(C(=O)O)[C@H](c3cccc(F)c3)N2S(=O)(=O)c2ccc(Cl)cc2)cc1. The molecule has 1 N–H and O–H groups in total. The molecule has 0 bridgehead atoms. The van der Waals surface area contributed by atoms with E-state index in [1.54, 1.807) is 0 Å². The topological polar surface area (TPSA) is 74.7 Å². The lowest BCUT2D eigenvalue weighted by Gasteiger charge is -2.40. The van der Waals surface area contributed by atoms with Crippen LogP contribution in [0, 0.1) is 12.7 Å². The number of carboxylic acids is 1. The van der Waals surface area contributed by atoms with Crippen molar-refractivity contribution < 1.29 is 22.7 Å². The Morgan fingerprint density at radius 2 is 1.70 bits per heavy atom. The molecular formula is C25H21ClFNO4S. The van der Waals surface area contributed by atoms with Crippen LogP contribution in [0.4, 0.5) is 4.39 Å². The quantitative estimate of drug-likeness (QED) is 0.505. The standard InChI is InChI=1S/C25H21ClFNO4S/c1-16-5-7-17(8-6-16)23-14-13-22(25(29)30)24(18-3-2-4-20(27)15-18)28(23)33(31,32)21-11-9-19(26)10-12-21/h2-13,15,23-24H,14H2,1H3,(H,29,30)/t23-,24-/m0/s1. The second-order valence-corrected chi connectivity index (χ2v) is 10.2. The summed E-state index contributed by atoms with van der Waals surface area (Å²) in [6.45, 7) is 1.92. The van der Waals surface area contributed by atoms with Gasteiger partial charge in [-0.25, -0.2) is 17.6 Å². The number of hydrogen-bond acceptors (Lipinski definition) is 3. The molecule has 3 aromatic carbocycles. The van der Waals surface area contributed by atoms with Gasteiger partial charge < -0.3 is 5.11 Å². The van der Waals surface area contributed by atoms with E-state index in [0.717, 1.165) is 5.56 Å². The van der Waals surface area contributed by atoms with Gasteiger partial charge in [0.25, 0.3) is 0 Å². The van der Waals surface area contributed by atoms with Crippen molar-refractivity contribution in [2.45, 2.75) is 30.3 Å². The Balaban J connectivity index is 1.97. The van der Waals surface area contributed by atoms with Crippen LogP contribution in [0.1, 0.15) is 35.2 Å². The van der Waals surface area contributed by atoms with E-state index in [1.807, 2.05) is 31.2 Å². The summed E-state index contributed by atoms with van der Waals surface area (Å²) in [5, 5.41) is 10.3. The summed E-state index contributed by atoms with van der Waals surface area (Å²) >= 11 is 5.96. The van der Waals surface area contributed by atoms with Crippen LogP contribution in [-0.4, -0.2) is 23.8 Å². The number of rotatable bonds is 5. The van der Waals surface area contributed by atoms with Gasteiger partial charge in [-0.3, -0.25) is 0 Å². The molecule has 8 heteroatoms. The highest BCUT2D eigenvalue weighted by atomic mass is 35.5. The Morgan fingerprint density at radius 3 is 2.30 bits per heavy atom. The number of nitrogens with zero attached hydrogens (tertiary/aromatic N) is 1. The summed E-state index contributed by atoms with van der Waals surface area (Å²) in [5.74, 6) is -1.85. The van der Waals surface area contributed by atoms with Gasteiger partial charge in [0, 0.05) is 5.02 Å². The Kier molecular flexibility index (Phi) is 6.38. The maximum Gasteiger partial charge on any atom is 0.333 e. The summed E-state index contributed by atoms with van der Waals surface area (Å²) in [6.07, 6.45) is 1.68. The van der Waals surface area contributed by atoms with Crippen LogP contribution in [0.5, 0.6) is 0 Å². The van der Waals surface area contributed by atoms with E-state index in [2.05, 4.69) is 0 Å². The van der Waals surface area contributed by atoms with Gasteiger partial charge in [0.05, 0.1) is 22.6 Å². The maximum atomic E-state index is 14.2. The summed E-state index contributed by atoms with van der Waals surface area (Å²) in [4.78, 5) is 12.1. The molecule has 0 spiro atoms. The molecular weight excluding hydrogens is 465 g/mol. The number of carboxylic acid groups (broad SMARTS) is 1. The summed E-state index contributed by atoms with van der Waals surface area (Å²) in [6, 6.07) is 16.5. The molecule has 1 aliphatic rings. The molecule has 170 valence electrons. The molecule has 0 aromatic heterocycles. The monoisotopic (exact) mass is 485 g/mol. The zero-order valence-electron chi connectivity index (χ0n) is 17.7. The third-order valence-electron chi connectivity index (χ3n) is 5.68. The van der Waals surface area contributed by atoms with Crippen LogP contribution in [0.25, 0.3) is 0 Å². The first-order chi connectivity index (χ1) is 15.7. The average molecular weight is 486 g/mol. The van der Waals surface area contributed by atoms with Gasteiger partial charge in [0.2, 0.25) is 10.0 Å². The highest BCUT2D eigenvalue weighted by Gasteiger charge is 2.44. The average Bonchev–Trinajstić information content (AvgIpc) is 2.79. The van der Waals surface area contributed by atoms with Crippen molar-refractivity contribution >= 4 is 27.6 Å². The van der Waals surface area contributed by atoms with E-state index in [9.17, 15) is 22.7 Å². The van der Waals surface area contributed by atoms with Crippen LogP contribution >= 0.6 is 11.6 Å². The van der Waals surface area contributed by atoms with Crippen molar-refractivity contribution in [1.82, 2.24) is 4.31 Å². The Labute approximate surface area is 196 Å². The highest BCUT2D eigenvalue weighted by Crippen LogP contribution is 2.45. The number of benzene rings is 3. The van der Waals surface area contributed by atoms with Crippen molar-refractivity contribution in [3.8, 4) is 0 Å². The van der Waals surface area contributed by atoms with Gasteiger partial charge in [-0.1, -0.05) is 59.6 Å². The normalized spacial score (nSPS) is 19.2. The largest absolute Gasteiger partial charge is 0.478 e. The van der Waals surface area contributed by atoms with E-state index in [4.69, 9.17) is 11.6 Å². The molecule has 0 aliphatic carbocycles. The van der Waals surface area contributed by atoms with Crippen molar-refractivity contribution in [2.75, 3.05) is 0 Å². The minimum atomic E-state index is -4.21. The Hall–Kier alpha value is -3.00. The van der Waals surface area contributed by atoms with Crippen LogP contribution < -0.4 is 0 Å². The molecule has 0 amide bonds. The fourth-order valence-electron chi connectivity index (χ4n) is 4.08. The molecule has 0 saturated carbocycles. The fourth-order valence-corrected chi connectivity index (χ4v) is 5.99. The van der Waals surface area contributed by atoms with E-state index in [0.29, 0.717) is 10.6 Å². The summed E-state index contributed by atoms with van der Waals surface area (Å²) < 4.78 is 43.2. The predicted molar refractivity (Wildman–Crippen MR) is 124 cm³/mol. The predicted octanol–water partition coefficient (Wildman–Crippen LogP) is 5.68. The molecule has 0 saturated heterocycles. The third-order valence-corrected chi connectivity index (χ3v) is 7.82. The minimum absolute atomic E-state index is 0.0305.